The highest BCUT2D eigenvalue weighted by atomic mass is 35.5. The third-order valence-corrected chi connectivity index (χ3v) is 4.29. The SMILES string of the molecule is O=C(c1cc(-c2ccc(F)cc2)n[nH]1)N1CC(Oc2ccc(Cl)cn2)C1. The highest BCUT2D eigenvalue weighted by Gasteiger charge is 2.33. The molecule has 4 rings (SSSR count). The van der Waals surface area contributed by atoms with E-state index in [0.29, 0.717) is 35.4 Å². The molecule has 26 heavy (non-hydrogen) atoms. The molecule has 0 radical (unpaired) electrons. The summed E-state index contributed by atoms with van der Waals surface area (Å²) < 4.78 is 18.7. The minimum Gasteiger partial charge on any atom is -0.471 e. The van der Waals surface area contributed by atoms with Gasteiger partial charge in [0, 0.05) is 17.8 Å². The van der Waals surface area contributed by atoms with Crippen molar-refractivity contribution in [3.05, 3.63) is 65.2 Å². The van der Waals surface area contributed by atoms with E-state index in [1.54, 1.807) is 35.2 Å². The summed E-state index contributed by atoms with van der Waals surface area (Å²) >= 11 is 5.78. The number of hydrogen-bond donors (Lipinski definition) is 1. The molecule has 132 valence electrons. The van der Waals surface area contributed by atoms with E-state index in [2.05, 4.69) is 15.2 Å². The molecule has 0 spiro atoms. The van der Waals surface area contributed by atoms with E-state index in [1.807, 2.05) is 0 Å². The first-order chi connectivity index (χ1) is 12.6. The lowest BCUT2D eigenvalue weighted by Crippen LogP contribution is -2.56. The van der Waals surface area contributed by atoms with Crippen LogP contribution in [-0.2, 0) is 0 Å². The van der Waals surface area contributed by atoms with Gasteiger partial charge in [-0.15, -0.1) is 0 Å². The predicted octanol–water partition coefficient (Wildman–Crippen LogP) is 3.17. The zero-order chi connectivity index (χ0) is 18.1. The summed E-state index contributed by atoms with van der Waals surface area (Å²) in [5.74, 6) is 0.00351. The van der Waals surface area contributed by atoms with Crippen molar-refractivity contribution in [2.24, 2.45) is 0 Å². The Labute approximate surface area is 153 Å². The molecule has 1 aliphatic heterocycles. The van der Waals surface area contributed by atoms with Crippen molar-refractivity contribution in [3.63, 3.8) is 0 Å². The van der Waals surface area contributed by atoms with E-state index in [-0.39, 0.29) is 17.8 Å². The number of halogens is 2. The van der Waals surface area contributed by atoms with Gasteiger partial charge in [0.2, 0.25) is 5.88 Å². The fourth-order valence-corrected chi connectivity index (χ4v) is 2.76. The lowest BCUT2D eigenvalue weighted by Gasteiger charge is -2.38. The van der Waals surface area contributed by atoms with E-state index < -0.39 is 0 Å². The molecule has 3 aromatic rings. The van der Waals surface area contributed by atoms with E-state index >= 15 is 0 Å². The van der Waals surface area contributed by atoms with Crippen molar-refractivity contribution in [2.75, 3.05) is 13.1 Å². The van der Waals surface area contributed by atoms with Gasteiger partial charge < -0.3 is 9.64 Å². The largest absolute Gasteiger partial charge is 0.471 e. The number of carbonyl (C=O) groups excluding carboxylic acids is 1. The molecule has 0 aliphatic carbocycles. The molecule has 1 fully saturated rings. The number of H-pyrrole nitrogens is 1. The summed E-state index contributed by atoms with van der Waals surface area (Å²) in [7, 11) is 0. The summed E-state index contributed by atoms with van der Waals surface area (Å²) in [6.07, 6.45) is 1.41. The maximum Gasteiger partial charge on any atom is 0.272 e. The number of nitrogens with zero attached hydrogens (tertiary/aromatic N) is 3. The van der Waals surface area contributed by atoms with Crippen LogP contribution >= 0.6 is 11.6 Å². The summed E-state index contributed by atoms with van der Waals surface area (Å²) in [5, 5.41) is 7.40. The van der Waals surface area contributed by atoms with Gasteiger partial charge >= 0.3 is 0 Å². The van der Waals surface area contributed by atoms with Gasteiger partial charge in [-0.2, -0.15) is 5.10 Å². The number of pyridine rings is 1. The summed E-state index contributed by atoms with van der Waals surface area (Å²) in [6, 6.07) is 11.0. The monoisotopic (exact) mass is 372 g/mol. The Balaban J connectivity index is 1.36. The molecule has 6 nitrogen and oxygen atoms in total. The Kier molecular flexibility index (Phi) is 4.30. The van der Waals surface area contributed by atoms with Crippen LogP contribution in [0.5, 0.6) is 5.88 Å². The number of aromatic nitrogens is 3. The average Bonchev–Trinajstić information content (AvgIpc) is 3.09. The minimum absolute atomic E-state index is 0.105. The molecular weight excluding hydrogens is 359 g/mol. The number of benzene rings is 1. The molecule has 1 amide bonds. The highest BCUT2D eigenvalue weighted by molar-refractivity contribution is 6.30. The number of hydrogen-bond acceptors (Lipinski definition) is 4. The van der Waals surface area contributed by atoms with Crippen LogP contribution in [0.1, 0.15) is 10.5 Å². The van der Waals surface area contributed by atoms with Crippen LogP contribution in [0.4, 0.5) is 4.39 Å². The Hall–Kier alpha value is -2.93. The fraction of sp³-hybridized carbons (Fsp3) is 0.167. The Morgan fingerprint density at radius 3 is 2.69 bits per heavy atom. The summed E-state index contributed by atoms with van der Waals surface area (Å²) in [4.78, 5) is 18.2. The molecule has 1 aliphatic rings. The van der Waals surface area contributed by atoms with Gasteiger partial charge in [-0.05, 0) is 36.4 Å². The number of nitrogens with one attached hydrogen (secondary N) is 1. The molecular formula is C18H14ClFN4O2. The van der Waals surface area contributed by atoms with Crippen LogP contribution in [-0.4, -0.2) is 45.2 Å². The van der Waals surface area contributed by atoms with Gasteiger partial charge in [0.05, 0.1) is 23.8 Å². The van der Waals surface area contributed by atoms with Gasteiger partial charge in [-0.25, -0.2) is 9.37 Å². The maximum atomic E-state index is 13.0. The van der Waals surface area contributed by atoms with Crippen molar-refractivity contribution < 1.29 is 13.9 Å². The molecule has 1 aromatic carbocycles. The van der Waals surface area contributed by atoms with Crippen LogP contribution in [0, 0.1) is 5.82 Å². The average molecular weight is 373 g/mol. The van der Waals surface area contributed by atoms with Gasteiger partial charge in [0.15, 0.2) is 0 Å². The van der Waals surface area contributed by atoms with Gasteiger partial charge in [0.1, 0.15) is 17.6 Å². The molecule has 0 atom stereocenters. The molecule has 2 aromatic heterocycles. The third kappa shape index (κ3) is 3.39. The number of aromatic amines is 1. The van der Waals surface area contributed by atoms with Crippen LogP contribution in [0.25, 0.3) is 11.3 Å². The Morgan fingerprint density at radius 2 is 2.00 bits per heavy atom. The number of rotatable bonds is 4. The zero-order valence-corrected chi connectivity index (χ0v) is 14.3. The zero-order valence-electron chi connectivity index (χ0n) is 13.5. The van der Waals surface area contributed by atoms with Crippen LogP contribution < -0.4 is 4.74 Å². The van der Waals surface area contributed by atoms with Crippen molar-refractivity contribution >= 4 is 17.5 Å². The van der Waals surface area contributed by atoms with Gasteiger partial charge in [0.25, 0.3) is 5.91 Å². The lowest BCUT2D eigenvalue weighted by atomic mass is 10.1. The quantitative estimate of drug-likeness (QED) is 0.763. The van der Waals surface area contributed by atoms with E-state index in [4.69, 9.17) is 16.3 Å². The standard InChI is InChI=1S/C18H14ClFN4O2/c19-12-3-6-17(21-8-12)26-14-9-24(10-14)18(25)16-7-15(22-23-16)11-1-4-13(20)5-2-11/h1-8,14H,9-10H2,(H,22,23). The smallest absolute Gasteiger partial charge is 0.272 e. The normalized spacial score (nSPS) is 14.2. The maximum absolute atomic E-state index is 13.0. The second-order valence-electron chi connectivity index (χ2n) is 5.94. The van der Waals surface area contributed by atoms with Crippen LogP contribution in [0.3, 0.4) is 0 Å². The van der Waals surface area contributed by atoms with E-state index in [9.17, 15) is 9.18 Å². The summed E-state index contributed by atoms with van der Waals surface area (Å²) in [5.41, 5.74) is 1.71. The first kappa shape index (κ1) is 16.5. The number of amides is 1. The molecule has 3 heterocycles. The molecule has 0 saturated carbocycles. The molecule has 1 N–H and O–H groups in total. The second kappa shape index (κ2) is 6.76. The fourth-order valence-electron chi connectivity index (χ4n) is 2.65. The number of likely N-dealkylation sites (tertiary alicyclic amines) is 1. The first-order valence-corrected chi connectivity index (χ1v) is 8.35. The first-order valence-electron chi connectivity index (χ1n) is 7.97. The van der Waals surface area contributed by atoms with Crippen LogP contribution in [0.2, 0.25) is 5.02 Å². The van der Waals surface area contributed by atoms with Gasteiger partial charge in [-0.3, -0.25) is 9.89 Å². The number of carbonyl (C=O) groups is 1. The van der Waals surface area contributed by atoms with Crippen molar-refractivity contribution in [1.82, 2.24) is 20.1 Å². The lowest BCUT2D eigenvalue weighted by molar-refractivity contribution is 0.0156. The van der Waals surface area contributed by atoms with Crippen LogP contribution in [0.15, 0.2) is 48.7 Å². The van der Waals surface area contributed by atoms with E-state index in [1.165, 1.54) is 18.3 Å². The van der Waals surface area contributed by atoms with E-state index in [0.717, 1.165) is 5.56 Å². The Morgan fingerprint density at radius 1 is 1.23 bits per heavy atom. The molecule has 1 saturated heterocycles. The van der Waals surface area contributed by atoms with Crippen molar-refractivity contribution in [2.45, 2.75) is 6.10 Å². The number of ether oxygens (including phenoxy) is 1. The topological polar surface area (TPSA) is 71.1 Å². The third-order valence-electron chi connectivity index (χ3n) is 4.07. The molecule has 8 heteroatoms. The van der Waals surface area contributed by atoms with Gasteiger partial charge in [-0.1, -0.05) is 11.6 Å². The Bertz CT molecular complexity index is 921. The second-order valence-corrected chi connectivity index (χ2v) is 6.37. The predicted molar refractivity (Wildman–Crippen MR) is 93.5 cm³/mol. The molecule has 0 bridgehead atoms. The molecule has 0 unspecified atom stereocenters. The minimum atomic E-state index is -0.317. The van der Waals surface area contributed by atoms with Crippen molar-refractivity contribution in [3.8, 4) is 17.1 Å². The highest BCUT2D eigenvalue weighted by Crippen LogP contribution is 2.22. The van der Waals surface area contributed by atoms with Crippen molar-refractivity contribution in [1.29, 1.82) is 0 Å². The summed E-state index contributed by atoms with van der Waals surface area (Å²) in [6.45, 7) is 0.933.